The van der Waals surface area contributed by atoms with E-state index in [0.717, 1.165) is 4.90 Å². The minimum Gasteiger partial charge on any atom is -0.395 e. The Morgan fingerprint density at radius 1 is 1.29 bits per heavy atom. The molecule has 1 aliphatic rings. The van der Waals surface area contributed by atoms with Crippen LogP contribution in [0.25, 0.3) is 0 Å². The molecule has 0 atom stereocenters. The smallest absolute Gasteiger partial charge is 0.325 e. The van der Waals surface area contributed by atoms with Gasteiger partial charge in [0, 0.05) is 13.1 Å². The van der Waals surface area contributed by atoms with Gasteiger partial charge in [-0.05, 0) is 0 Å². The molecule has 0 aromatic heterocycles. The molecule has 1 heterocycles. The van der Waals surface area contributed by atoms with Crippen molar-refractivity contribution in [2.45, 2.75) is 0 Å². The monoisotopic (exact) mass is 245 g/mol. The Labute approximate surface area is 97.8 Å². The maximum absolute atomic E-state index is 11.7. The lowest BCUT2D eigenvalue weighted by atomic mass is 10.4. The molecule has 0 aliphatic carbocycles. The fraction of sp³-hybridized carbons (Fsp3) is 0.667. The Kier molecular flexibility index (Phi) is 4.85. The fourth-order valence-corrected chi connectivity index (χ4v) is 1.45. The summed E-state index contributed by atoms with van der Waals surface area (Å²) in [5.74, 6) is -0.949. The Bertz CT molecular complexity index is 298. The number of rotatable bonds is 6. The lowest BCUT2D eigenvalue weighted by Crippen LogP contribution is -2.45. The zero-order chi connectivity index (χ0) is 12.8. The standard InChI is InChI=1S/C9H15N3O5/c13-3-1-11(2-4-14)8(16)6-12-7(15)5-10-9(12)17/h13-14H,1-6H2,(H,10,17). The highest BCUT2D eigenvalue weighted by atomic mass is 16.3. The third kappa shape index (κ3) is 3.40. The molecule has 0 spiro atoms. The minimum atomic E-state index is -0.601. The normalized spacial score (nSPS) is 15.1. The van der Waals surface area contributed by atoms with Gasteiger partial charge in [0.25, 0.3) is 5.91 Å². The molecule has 8 heteroatoms. The maximum Gasteiger partial charge on any atom is 0.325 e. The molecule has 0 unspecified atom stereocenters. The number of hydrogen-bond donors (Lipinski definition) is 3. The number of amides is 4. The third-order valence-electron chi connectivity index (χ3n) is 2.32. The second-order valence-electron chi connectivity index (χ2n) is 3.47. The number of aliphatic hydroxyl groups is 2. The highest BCUT2D eigenvalue weighted by Gasteiger charge is 2.31. The third-order valence-corrected chi connectivity index (χ3v) is 2.32. The van der Waals surface area contributed by atoms with Crippen LogP contribution in [0.4, 0.5) is 4.79 Å². The van der Waals surface area contributed by atoms with Crippen LogP contribution in [0.15, 0.2) is 0 Å². The highest BCUT2D eigenvalue weighted by molar-refractivity contribution is 6.04. The molecule has 0 bridgehead atoms. The van der Waals surface area contributed by atoms with Crippen molar-refractivity contribution in [2.75, 3.05) is 39.4 Å². The molecule has 96 valence electrons. The van der Waals surface area contributed by atoms with Gasteiger partial charge in [0.05, 0.1) is 19.8 Å². The van der Waals surface area contributed by atoms with Gasteiger partial charge < -0.3 is 20.4 Å². The van der Waals surface area contributed by atoms with E-state index in [4.69, 9.17) is 10.2 Å². The maximum atomic E-state index is 11.7. The average molecular weight is 245 g/mol. The lowest BCUT2D eigenvalue weighted by molar-refractivity contribution is -0.137. The number of imide groups is 1. The number of carbonyl (C=O) groups is 3. The van der Waals surface area contributed by atoms with Gasteiger partial charge in [-0.3, -0.25) is 14.5 Å². The van der Waals surface area contributed by atoms with E-state index >= 15 is 0 Å². The van der Waals surface area contributed by atoms with Gasteiger partial charge in [-0.25, -0.2) is 4.79 Å². The second kappa shape index (κ2) is 6.16. The van der Waals surface area contributed by atoms with E-state index in [0.29, 0.717) is 0 Å². The van der Waals surface area contributed by atoms with E-state index < -0.39 is 17.8 Å². The van der Waals surface area contributed by atoms with Gasteiger partial charge in [0.2, 0.25) is 5.91 Å². The van der Waals surface area contributed by atoms with E-state index in [1.54, 1.807) is 0 Å². The van der Waals surface area contributed by atoms with Crippen molar-refractivity contribution in [3.63, 3.8) is 0 Å². The summed E-state index contributed by atoms with van der Waals surface area (Å²) in [6.07, 6.45) is 0. The Balaban J connectivity index is 2.56. The zero-order valence-corrected chi connectivity index (χ0v) is 9.26. The van der Waals surface area contributed by atoms with Crippen molar-refractivity contribution in [3.8, 4) is 0 Å². The largest absolute Gasteiger partial charge is 0.395 e. The van der Waals surface area contributed by atoms with Crippen molar-refractivity contribution in [3.05, 3.63) is 0 Å². The van der Waals surface area contributed by atoms with Crippen molar-refractivity contribution in [1.82, 2.24) is 15.1 Å². The number of nitrogens with one attached hydrogen (secondary N) is 1. The molecule has 17 heavy (non-hydrogen) atoms. The molecule has 1 aliphatic heterocycles. The summed E-state index contributed by atoms with van der Waals surface area (Å²) in [4.78, 5) is 36.1. The Morgan fingerprint density at radius 3 is 2.29 bits per heavy atom. The van der Waals surface area contributed by atoms with Crippen LogP contribution in [0, 0.1) is 0 Å². The molecule has 4 amide bonds. The Morgan fingerprint density at radius 2 is 1.88 bits per heavy atom. The minimum absolute atomic E-state index is 0.0586. The first-order valence-electron chi connectivity index (χ1n) is 5.17. The summed E-state index contributed by atoms with van der Waals surface area (Å²) in [5.41, 5.74) is 0. The number of carbonyl (C=O) groups excluding carboxylic acids is 3. The number of aliphatic hydroxyl groups excluding tert-OH is 2. The van der Waals surface area contributed by atoms with Crippen LogP contribution in [-0.4, -0.2) is 77.3 Å². The second-order valence-corrected chi connectivity index (χ2v) is 3.47. The first-order chi connectivity index (χ1) is 8.10. The topological polar surface area (TPSA) is 110 Å². The number of hydrogen-bond acceptors (Lipinski definition) is 5. The molecular weight excluding hydrogens is 230 g/mol. The van der Waals surface area contributed by atoms with E-state index in [2.05, 4.69) is 5.32 Å². The molecule has 0 aromatic carbocycles. The molecule has 1 rings (SSSR count). The molecule has 1 saturated heterocycles. The predicted octanol–water partition coefficient (Wildman–Crippen LogP) is -2.65. The van der Waals surface area contributed by atoms with E-state index in [9.17, 15) is 14.4 Å². The molecule has 0 saturated carbocycles. The average Bonchev–Trinajstić information content (AvgIpc) is 2.60. The van der Waals surface area contributed by atoms with Gasteiger partial charge >= 0.3 is 6.03 Å². The van der Waals surface area contributed by atoms with Gasteiger partial charge in [-0.15, -0.1) is 0 Å². The fourth-order valence-electron chi connectivity index (χ4n) is 1.45. The number of urea groups is 1. The summed E-state index contributed by atoms with van der Waals surface area (Å²) in [6.45, 7) is -0.847. The quantitative estimate of drug-likeness (QED) is 0.443. The molecule has 8 nitrogen and oxygen atoms in total. The van der Waals surface area contributed by atoms with E-state index in [1.807, 2.05) is 0 Å². The first-order valence-corrected chi connectivity index (χ1v) is 5.17. The van der Waals surface area contributed by atoms with Crippen LogP contribution >= 0.6 is 0 Å². The summed E-state index contributed by atoms with van der Waals surface area (Å²) in [6, 6.07) is -0.601. The van der Waals surface area contributed by atoms with Gasteiger partial charge in [0.15, 0.2) is 0 Å². The van der Waals surface area contributed by atoms with Crippen LogP contribution in [0.1, 0.15) is 0 Å². The number of nitrogens with zero attached hydrogens (tertiary/aromatic N) is 2. The van der Waals surface area contributed by atoms with Crippen molar-refractivity contribution in [1.29, 1.82) is 0 Å². The molecule has 0 radical (unpaired) electrons. The molecular formula is C9H15N3O5. The van der Waals surface area contributed by atoms with E-state index in [-0.39, 0.29) is 39.4 Å². The van der Waals surface area contributed by atoms with Crippen LogP contribution in [0.2, 0.25) is 0 Å². The van der Waals surface area contributed by atoms with Crippen LogP contribution in [0.5, 0.6) is 0 Å². The SMILES string of the molecule is O=C(CN1C(=O)CNC1=O)N(CCO)CCO. The van der Waals surface area contributed by atoms with Crippen molar-refractivity contribution in [2.24, 2.45) is 0 Å². The predicted molar refractivity (Wildman–Crippen MR) is 55.9 cm³/mol. The summed E-state index contributed by atoms with van der Waals surface area (Å²) in [7, 11) is 0. The van der Waals surface area contributed by atoms with E-state index in [1.165, 1.54) is 4.90 Å². The van der Waals surface area contributed by atoms with Gasteiger partial charge in [-0.2, -0.15) is 0 Å². The van der Waals surface area contributed by atoms with Crippen LogP contribution < -0.4 is 5.32 Å². The van der Waals surface area contributed by atoms with Gasteiger partial charge in [-0.1, -0.05) is 0 Å². The summed E-state index contributed by atoms with van der Waals surface area (Å²) < 4.78 is 0. The summed E-state index contributed by atoms with van der Waals surface area (Å²) >= 11 is 0. The van der Waals surface area contributed by atoms with Crippen LogP contribution in [-0.2, 0) is 9.59 Å². The van der Waals surface area contributed by atoms with Crippen LogP contribution in [0.3, 0.4) is 0 Å². The van der Waals surface area contributed by atoms with Gasteiger partial charge in [0.1, 0.15) is 6.54 Å². The molecule has 0 aromatic rings. The summed E-state index contributed by atoms with van der Waals surface area (Å²) in [5, 5.41) is 19.8. The first kappa shape index (κ1) is 13.4. The van der Waals surface area contributed by atoms with Crippen molar-refractivity contribution < 1.29 is 24.6 Å². The Hall–Kier alpha value is -1.67. The lowest BCUT2D eigenvalue weighted by Gasteiger charge is -2.22. The highest BCUT2D eigenvalue weighted by Crippen LogP contribution is 2.00. The zero-order valence-electron chi connectivity index (χ0n) is 9.26. The molecule has 1 fully saturated rings. The van der Waals surface area contributed by atoms with Crippen molar-refractivity contribution >= 4 is 17.8 Å². The molecule has 3 N–H and O–H groups in total.